The Bertz CT molecular complexity index is 1010. The summed E-state index contributed by atoms with van der Waals surface area (Å²) in [7, 11) is 0. The number of aromatic amines is 1. The topological polar surface area (TPSA) is 114 Å². The van der Waals surface area contributed by atoms with Gasteiger partial charge in [-0.25, -0.2) is 15.1 Å². The van der Waals surface area contributed by atoms with Gasteiger partial charge in [-0.2, -0.15) is 18.3 Å². The molecule has 34 heavy (non-hydrogen) atoms. The average molecular weight is 505 g/mol. The van der Waals surface area contributed by atoms with Crippen molar-refractivity contribution < 1.29 is 27.4 Å². The van der Waals surface area contributed by atoms with E-state index in [2.05, 4.69) is 15.1 Å². The van der Waals surface area contributed by atoms with Crippen LogP contribution in [0, 0.1) is 0 Å². The molecule has 0 spiro atoms. The van der Waals surface area contributed by atoms with Crippen molar-refractivity contribution >= 4 is 23.5 Å². The molecular weight excluding hydrogens is 481 g/mol. The Hall–Kier alpha value is -2.93. The van der Waals surface area contributed by atoms with Gasteiger partial charge in [-0.1, -0.05) is 18.5 Å². The Morgan fingerprint density at radius 2 is 1.88 bits per heavy atom. The van der Waals surface area contributed by atoms with E-state index in [0.29, 0.717) is 43.6 Å². The predicted octanol–water partition coefficient (Wildman–Crippen LogP) is 2.15. The van der Waals surface area contributed by atoms with Gasteiger partial charge in [0, 0.05) is 26.2 Å². The minimum atomic E-state index is -4.88. The number of anilines is 1. The minimum absolute atomic E-state index is 0.0843. The van der Waals surface area contributed by atoms with Crippen LogP contribution in [0.2, 0.25) is 5.02 Å². The summed E-state index contributed by atoms with van der Waals surface area (Å²) in [6.07, 6.45) is -1.06. The van der Waals surface area contributed by atoms with Gasteiger partial charge in [0.15, 0.2) is 11.3 Å². The maximum Gasteiger partial charge on any atom is 0.425 e. The summed E-state index contributed by atoms with van der Waals surface area (Å²) in [5.41, 5.74) is -2.83. The molecule has 0 saturated carbocycles. The fourth-order valence-electron chi connectivity index (χ4n) is 3.32. The van der Waals surface area contributed by atoms with Gasteiger partial charge in [-0.3, -0.25) is 9.59 Å². The van der Waals surface area contributed by atoms with E-state index in [0.717, 1.165) is 6.20 Å². The molecule has 1 aliphatic heterocycles. The smallest absolute Gasteiger partial charge is 0.425 e. The number of rotatable bonds is 9. The van der Waals surface area contributed by atoms with E-state index in [4.69, 9.17) is 21.1 Å². The van der Waals surface area contributed by atoms with Crippen LogP contribution in [-0.4, -0.2) is 76.5 Å². The Kier molecular flexibility index (Phi) is 8.67. The number of hydrogen-bond acceptors (Lipinski definition) is 8. The highest BCUT2D eigenvalue weighted by Gasteiger charge is 2.38. The molecule has 1 saturated heterocycles. The fourth-order valence-corrected chi connectivity index (χ4v) is 3.42. The Balaban J connectivity index is 1.43. The van der Waals surface area contributed by atoms with Crippen LogP contribution in [0.3, 0.4) is 0 Å². The molecule has 0 aromatic carbocycles. The first-order chi connectivity index (χ1) is 16.2. The number of halogens is 4. The Labute approximate surface area is 198 Å². The molecular formula is C20H24ClF3N6O4. The molecule has 0 bridgehead atoms. The number of piperazine rings is 1. The number of carbonyl (C=O) groups is 1. The van der Waals surface area contributed by atoms with Crippen LogP contribution in [0.5, 0.6) is 5.75 Å². The van der Waals surface area contributed by atoms with Gasteiger partial charge in [-0.15, -0.1) is 0 Å². The zero-order valence-electron chi connectivity index (χ0n) is 18.3. The van der Waals surface area contributed by atoms with Crippen LogP contribution in [0.1, 0.15) is 25.3 Å². The van der Waals surface area contributed by atoms with E-state index in [1.807, 2.05) is 4.90 Å². The van der Waals surface area contributed by atoms with Gasteiger partial charge >= 0.3 is 6.18 Å². The van der Waals surface area contributed by atoms with Crippen molar-refractivity contribution in [2.45, 2.75) is 32.0 Å². The molecule has 1 aliphatic rings. The molecule has 186 valence electrons. The molecule has 14 heteroatoms. The zero-order chi connectivity index (χ0) is 24.7. The number of nitrogens with one attached hydrogen (secondary N) is 1. The third kappa shape index (κ3) is 6.79. The van der Waals surface area contributed by atoms with Crippen LogP contribution < -0.4 is 15.2 Å². The third-order valence-electron chi connectivity index (χ3n) is 5.18. The average Bonchev–Trinajstić information content (AvgIpc) is 2.81. The van der Waals surface area contributed by atoms with Crippen LogP contribution in [0.25, 0.3) is 0 Å². The number of aromatic nitrogens is 4. The highest BCUT2D eigenvalue weighted by molar-refractivity contribution is 6.30. The SMILES string of the molecule is CCC(COc1cn[nH]c(=O)c1C(F)(F)F)OCCC(=O)N1CCN(c2ncc(Cl)cn2)CC1. The van der Waals surface area contributed by atoms with Crippen molar-refractivity contribution in [2.75, 3.05) is 44.3 Å². The molecule has 0 radical (unpaired) electrons. The number of H-pyrrole nitrogens is 1. The van der Waals surface area contributed by atoms with Crippen molar-refractivity contribution in [1.29, 1.82) is 0 Å². The van der Waals surface area contributed by atoms with Crippen LogP contribution in [-0.2, 0) is 15.7 Å². The molecule has 1 N–H and O–H groups in total. The van der Waals surface area contributed by atoms with Crippen molar-refractivity contribution in [3.8, 4) is 5.75 Å². The van der Waals surface area contributed by atoms with Crippen molar-refractivity contribution in [3.63, 3.8) is 0 Å². The van der Waals surface area contributed by atoms with E-state index in [1.165, 1.54) is 12.4 Å². The molecule has 1 fully saturated rings. The lowest BCUT2D eigenvalue weighted by Gasteiger charge is -2.34. The summed E-state index contributed by atoms with van der Waals surface area (Å²) in [6.45, 7) is 3.78. The van der Waals surface area contributed by atoms with E-state index in [9.17, 15) is 22.8 Å². The van der Waals surface area contributed by atoms with Gasteiger partial charge in [-0.05, 0) is 6.42 Å². The van der Waals surface area contributed by atoms with Gasteiger partial charge < -0.3 is 19.3 Å². The number of alkyl halides is 3. The number of nitrogens with zero attached hydrogens (tertiary/aromatic N) is 5. The summed E-state index contributed by atoms with van der Waals surface area (Å²) in [5, 5.41) is 5.55. The summed E-state index contributed by atoms with van der Waals surface area (Å²) in [5.74, 6) is -0.211. The summed E-state index contributed by atoms with van der Waals surface area (Å²) >= 11 is 5.80. The van der Waals surface area contributed by atoms with E-state index >= 15 is 0 Å². The Morgan fingerprint density at radius 3 is 2.50 bits per heavy atom. The molecule has 3 heterocycles. The van der Waals surface area contributed by atoms with Gasteiger partial charge in [0.1, 0.15) is 6.61 Å². The molecule has 2 aromatic rings. The highest BCUT2D eigenvalue weighted by atomic mass is 35.5. The second-order valence-corrected chi connectivity index (χ2v) is 7.90. The van der Waals surface area contributed by atoms with Crippen molar-refractivity contribution in [3.05, 3.63) is 39.5 Å². The number of carbonyl (C=O) groups excluding carboxylic acids is 1. The third-order valence-corrected chi connectivity index (χ3v) is 5.37. The molecule has 1 atom stereocenters. The van der Waals surface area contributed by atoms with E-state index < -0.39 is 29.2 Å². The zero-order valence-corrected chi connectivity index (χ0v) is 19.1. The second-order valence-electron chi connectivity index (χ2n) is 7.47. The maximum absolute atomic E-state index is 13.1. The monoisotopic (exact) mass is 504 g/mol. The van der Waals surface area contributed by atoms with E-state index in [-0.39, 0.29) is 25.5 Å². The Morgan fingerprint density at radius 1 is 1.21 bits per heavy atom. The molecule has 1 unspecified atom stereocenters. The molecule has 10 nitrogen and oxygen atoms in total. The summed E-state index contributed by atoms with van der Waals surface area (Å²) < 4.78 is 50.1. The number of hydrogen-bond donors (Lipinski definition) is 1. The molecule has 0 aliphatic carbocycles. The molecule has 3 rings (SSSR count). The van der Waals surface area contributed by atoms with Crippen LogP contribution >= 0.6 is 11.6 Å². The second kappa shape index (κ2) is 11.5. The predicted molar refractivity (Wildman–Crippen MR) is 116 cm³/mol. The number of ether oxygens (including phenoxy) is 2. The summed E-state index contributed by atoms with van der Waals surface area (Å²) in [6, 6.07) is 0. The lowest BCUT2D eigenvalue weighted by molar-refractivity contribution is -0.140. The quantitative estimate of drug-likeness (QED) is 0.552. The molecule has 1 amide bonds. The lowest BCUT2D eigenvalue weighted by atomic mass is 10.2. The van der Waals surface area contributed by atoms with Crippen molar-refractivity contribution in [2.24, 2.45) is 0 Å². The molecule has 2 aromatic heterocycles. The first kappa shape index (κ1) is 25.7. The minimum Gasteiger partial charge on any atom is -0.488 e. The first-order valence-corrected chi connectivity index (χ1v) is 11.0. The number of amides is 1. The summed E-state index contributed by atoms with van der Waals surface area (Å²) in [4.78, 5) is 36.0. The standard InChI is InChI=1S/C20H24ClF3N6O4/c1-2-14(12-34-15-11-27-28-18(32)17(15)20(22,23)24)33-8-3-16(31)29-4-6-30(7-5-29)19-25-9-13(21)10-26-19/h9-11,14H,2-8,12H2,1H3,(H,28,32). The van der Waals surface area contributed by atoms with Crippen LogP contribution in [0.4, 0.5) is 19.1 Å². The van der Waals surface area contributed by atoms with E-state index in [1.54, 1.807) is 16.9 Å². The lowest BCUT2D eigenvalue weighted by Crippen LogP contribution is -2.49. The van der Waals surface area contributed by atoms with Crippen molar-refractivity contribution in [1.82, 2.24) is 25.1 Å². The fraction of sp³-hybridized carbons (Fsp3) is 0.550. The largest absolute Gasteiger partial charge is 0.488 e. The maximum atomic E-state index is 13.1. The first-order valence-electron chi connectivity index (χ1n) is 10.6. The highest BCUT2D eigenvalue weighted by Crippen LogP contribution is 2.32. The van der Waals surface area contributed by atoms with Crippen LogP contribution in [0.15, 0.2) is 23.4 Å². The van der Waals surface area contributed by atoms with Gasteiger partial charge in [0.25, 0.3) is 5.56 Å². The van der Waals surface area contributed by atoms with Gasteiger partial charge in [0.05, 0.1) is 42.7 Å². The van der Waals surface area contributed by atoms with Gasteiger partial charge in [0.2, 0.25) is 11.9 Å². The normalized spacial score (nSPS) is 15.3.